The molecule has 2 heterocycles. The Balaban J connectivity index is 1.74. The molecule has 0 bridgehead atoms. The van der Waals surface area contributed by atoms with Crippen molar-refractivity contribution in [3.05, 3.63) is 107 Å². The minimum atomic E-state index is -0.0531. The summed E-state index contributed by atoms with van der Waals surface area (Å²) in [4.78, 5) is 21.6. The van der Waals surface area contributed by atoms with Gasteiger partial charge in [0.1, 0.15) is 5.69 Å². The lowest BCUT2D eigenvalue weighted by Crippen LogP contribution is -2.20. The van der Waals surface area contributed by atoms with E-state index < -0.39 is 0 Å². The van der Waals surface area contributed by atoms with Crippen LogP contribution in [-0.2, 0) is 7.05 Å². The van der Waals surface area contributed by atoms with E-state index >= 15 is 0 Å². The Kier molecular flexibility index (Phi) is 4.64. The second-order valence-electron chi connectivity index (χ2n) is 7.49. The number of aromatic amines is 1. The highest BCUT2D eigenvalue weighted by Gasteiger charge is 2.22. The minimum absolute atomic E-state index is 0.0531. The average molecular weight is 406 g/mol. The molecule has 0 saturated heterocycles. The number of nitrogens with one attached hydrogen (secondary N) is 1. The molecule has 5 nitrogen and oxygen atoms in total. The SMILES string of the molecule is Cc1c(-c2nc(-c3ccccc3)c(-c3ccccc3)[nH]2)n(C)n(-c2ccccc2)c1=O. The first-order valence-corrected chi connectivity index (χ1v) is 10.2. The van der Waals surface area contributed by atoms with Gasteiger partial charge in [-0.15, -0.1) is 0 Å². The summed E-state index contributed by atoms with van der Waals surface area (Å²) in [6.45, 7) is 1.85. The van der Waals surface area contributed by atoms with E-state index in [1.165, 1.54) is 0 Å². The van der Waals surface area contributed by atoms with Crippen molar-refractivity contribution < 1.29 is 0 Å². The maximum absolute atomic E-state index is 13.1. The molecule has 3 aromatic carbocycles. The maximum Gasteiger partial charge on any atom is 0.275 e. The topological polar surface area (TPSA) is 55.6 Å². The van der Waals surface area contributed by atoms with Crippen LogP contribution in [0.1, 0.15) is 5.56 Å². The summed E-state index contributed by atoms with van der Waals surface area (Å²) < 4.78 is 3.55. The summed E-state index contributed by atoms with van der Waals surface area (Å²) in [7, 11) is 1.89. The monoisotopic (exact) mass is 406 g/mol. The summed E-state index contributed by atoms with van der Waals surface area (Å²) in [6.07, 6.45) is 0. The van der Waals surface area contributed by atoms with Crippen LogP contribution in [0.3, 0.4) is 0 Å². The highest BCUT2D eigenvalue weighted by atomic mass is 16.1. The normalized spacial score (nSPS) is 11.0. The first-order valence-electron chi connectivity index (χ1n) is 10.2. The summed E-state index contributed by atoms with van der Waals surface area (Å²) in [5.41, 5.74) is 6.05. The molecule has 0 amide bonds. The molecule has 0 saturated carbocycles. The molecule has 0 atom stereocenters. The van der Waals surface area contributed by atoms with Crippen molar-refractivity contribution in [2.75, 3.05) is 0 Å². The van der Waals surface area contributed by atoms with E-state index in [1.807, 2.05) is 97.5 Å². The third-order valence-corrected chi connectivity index (χ3v) is 5.53. The van der Waals surface area contributed by atoms with Crippen LogP contribution in [0.4, 0.5) is 0 Å². The molecule has 5 aromatic rings. The van der Waals surface area contributed by atoms with E-state index in [0.29, 0.717) is 11.4 Å². The van der Waals surface area contributed by atoms with E-state index in [1.54, 1.807) is 4.68 Å². The molecule has 0 radical (unpaired) electrons. The lowest BCUT2D eigenvalue weighted by molar-refractivity contribution is 0.650. The zero-order chi connectivity index (χ0) is 21.4. The van der Waals surface area contributed by atoms with Crippen molar-refractivity contribution >= 4 is 0 Å². The van der Waals surface area contributed by atoms with Gasteiger partial charge >= 0.3 is 0 Å². The summed E-state index contributed by atoms with van der Waals surface area (Å²) in [5, 5.41) is 0. The van der Waals surface area contributed by atoms with Gasteiger partial charge in [-0.05, 0) is 19.1 Å². The molecule has 0 aliphatic carbocycles. The molecule has 31 heavy (non-hydrogen) atoms. The number of rotatable bonds is 4. The first-order chi connectivity index (χ1) is 15.1. The third-order valence-electron chi connectivity index (χ3n) is 5.53. The van der Waals surface area contributed by atoms with Gasteiger partial charge in [-0.2, -0.15) is 0 Å². The third kappa shape index (κ3) is 3.20. The fourth-order valence-corrected chi connectivity index (χ4v) is 4.03. The van der Waals surface area contributed by atoms with Gasteiger partial charge in [0.15, 0.2) is 5.82 Å². The number of para-hydroxylation sites is 1. The fourth-order valence-electron chi connectivity index (χ4n) is 4.03. The first kappa shape index (κ1) is 18.9. The van der Waals surface area contributed by atoms with Crippen LogP contribution in [0.25, 0.3) is 39.7 Å². The minimum Gasteiger partial charge on any atom is -0.336 e. The Bertz CT molecular complexity index is 1340. The molecule has 0 aliphatic rings. The molecule has 0 spiro atoms. The molecule has 1 N–H and O–H groups in total. The van der Waals surface area contributed by atoms with Gasteiger partial charge in [-0.3, -0.25) is 9.48 Å². The lowest BCUT2D eigenvalue weighted by Gasteiger charge is -2.08. The highest BCUT2D eigenvalue weighted by molar-refractivity contribution is 5.81. The molecular weight excluding hydrogens is 384 g/mol. The van der Waals surface area contributed by atoms with E-state index in [-0.39, 0.29) is 5.56 Å². The number of nitrogens with zero attached hydrogens (tertiary/aromatic N) is 3. The van der Waals surface area contributed by atoms with Crippen LogP contribution in [0.5, 0.6) is 0 Å². The van der Waals surface area contributed by atoms with Crippen molar-refractivity contribution in [2.45, 2.75) is 6.92 Å². The van der Waals surface area contributed by atoms with Gasteiger partial charge in [0, 0.05) is 23.7 Å². The Hall–Kier alpha value is -4.12. The molecule has 5 heteroatoms. The smallest absolute Gasteiger partial charge is 0.275 e. The van der Waals surface area contributed by atoms with E-state index in [0.717, 1.165) is 33.9 Å². The summed E-state index contributed by atoms with van der Waals surface area (Å²) >= 11 is 0. The van der Waals surface area contributed by atoms with Gasteiger partial charge in [0.25, 0.3) is 5.56 Å². The zero-order valence-corrected chi connectivity index (χ0v) is 17.4. The van der Waals surface area contributed by atoms with Crippen LogP contribution in [0.2, 0.25) is 0 Å². The quantitative estimate of drug-likeness (QED) is 0.445. The number of hydrogen-bond acceptors (Lipinski definition) is 2. The highest BCUT2D eigenvalue weighted by Crippen LogP contribution is 2.33. The van der Waals surface area contributed by atoms with Crippen LogP contribution in [-0.4, -0.2) is 19.3 Å². The van der Waals surface area contributed by atoms with Crippen molar-refractivity contribution in [3.8, 4) is 39.7 Å². The van der Waals surface area contributed by atoms with Crippen molar-refractivity contribution in [3.63, 3.8) is 0 Å². The predicted molar refractivity (Wildman–Crippen MR) is 124 cm³/mol. The molecule has 0 unspecified atom stereocenters. The van der Waals surface area contributed by atoms with Crippen LogP contribution < -0.4 is 5.56 Å². The number of hydrogen-bond donors (Lipinski definition) is 1. The average Bonchev–Trinajstić information content (AvgIpc) is 3.34. The Labute approximate surface area is 180 Å². The second kappa shape index (κ2) is 7.61. The van der Waals surface area contributed by atoms with Crippen molar-refractivity contribution in [1.82, 2.24) is 19.3 Å². The molecule has 0 aliphatic heterocycles. The van der Waals surface area contributed by atoms with Crippen LogP contribution in [0.15, 0.2) is 95.8 Å². The van der Waals surface area contributed by atoms with Gasteiger partial charge in [0.2, 0.25) is 0 Å². The van der Waals surface area contributed by atoms with Gasteiger partial charge in [-0.25, -0.2) is 9.67 Å². The standard InChI is InChI=1S/C26H22N4O/c1-18-24(29(2)30(26(18)31)21-16-10-5-11-17-21)25-27-22(19-12-6-3-7-13-19)23(28-25)20-14-8-4-9-15-20/h3-17H,1-2H3,(H,27,28). The summed E-state index contributed by atoms with van der Waals surface area (Å²) in [5.74, 6) is 0.671. The number of aromatic nitrogens is 4. The van der Waals surface area contributed by atoms with Crippen molar-refractivity contribution in [2.24, 2.45) is 7.05 Å². The van der Waals surface area contributed by atoms with Crippen LogP contribution >= 0.6 is 0 Å². The molecule has 152 valence electrons. The fraction of sp³-hybridized carbons (Fsp3) is 0.0769. The van der Waals surface area contributed by atoms with E-state index in [9.17, 15) is 4.79 Å². The zero-order valence-electron chi connectivity index (χ0n) is 17.4. The Morgan fingerprint density at radius 1 is 0.774 bits per heavy atom. The van der Waals surface area contributed by atoms with Gasteiger partial charge in [0.05, 0.1) is 17.1 Å². The molecule has 2 aromatic heterocycles. The molecule has 5 rings (SSSR count). The van der Waals surface area contributed by atoms with Crippen LogP contribution in [0, 0.1) is 6.92 Å². The molecular formula is C26H22N4O. The number of H-pyrrole nitrogens is 1. The Morgan fingerprint density at radius 3 is 1.94 bits per heavy atom. The number of imidazole rings is 1. The predicted octanol–water partition coefficient (Wildman–Crippen LogP) is 5.21. The van der Waals surface area contributed by atoms with E-state index in [4.69, 9.17) is 4.98 Å². The maximum atomic E-state index is 13.1. The summed E-state index contributed by atoms with van der Waals surface area (Å²) in [6, 6.07) is 29.9. The lowest BCUT2D eigenvalue weighted by atomic mass is 10.1. The van der Waals surface area contributed by atoms with E-state index in [2.05, 4.69) is 17.1 Å². The van der Waals surface area contributed by atoms with Crippen molar-refractivity contribution in [1.29, 1.82) is 0 Å². The Morgan fingerprint density at radius 2 is 1.32 bits per heavy atom. The van der Waals surface area contributed by atoms with Gasteiger partial charge < -0.3 is 4.98 Å². The number of benzene rings is 3. The largest absolute Gasteiger partial charge is 0.336 e. The van der Waals surface area contributed by atoms with Gasteiger partial charge in [-0.1, -0.05) is 78.9 Å². The second-order valence-corrected chi connectivity index (χ2v) is 7.49. The molecule has 0 fully saturated rings.